The third kappa shape index (κ3) is 4.99. The third-order valence-electron chi connectivity index (χ3n) is 3.91. The van der Waals surface area contributed by atoms with Crippen molar-refractivity contribution in [2.24, 2.45) is 5.84 Å². The first-order chi connectivity index (χ1) is 10.2. The number of hydrogen-bond acceptors (Lipinski definition) is 4. The smallest absolute Gasteiger partial charge is 0.124 e. The number of hydrazine groups is 1. The van der Waals surface area contributed by atoms with Gasteiger partial charge in [0, 0.05) is 18.2 Å². The van der Waals surface area contributed by atoms with Gasteiger partial charge in [-0.3, -0.25) is 11.3 Å². The van der Waals surface area contributed by atoms with Crippen molar-refractivity contribution in [2.75, 3.05) is 6.61 Å². The van der Waals surface area contributed by atoms with Crippen molar-refractivity contribution >= 4 is 0 Å². The van der Waals surface area contributed by atoms with E-state index in [1.165, 1.54) is 19.3 Å². The van der Waals surface area contributed by atoms with Crippen LogP contribution in [0.25, 0.3) is 0 Å². The van der Waals surface area contributed by atoms with Crippen molar-refractivity contribution in [1.82, 2.24) is 5.43 Å². The normalized spacial score (nSPS) is 20.5. The Kier molecular flexibility index (Phi) is 6.49. The van der Waals surface area contributed by atoms with Gasteiger partial charge < -0.3 is 9.47 Å². The van der Waals surface area contributed by atoms with E-state index in [1.54, 1.807) is 0 Å². The predicted octanol–water partition coefficient (Wildman–Crippen LogP) is 3.33. The molecule has 0 radical (unpaired) electrons. The summed E-state index contributed by atoms with van der Waals surface area (Å²) in [5.74, 6) is 6.69. The molecule has 0 aromatic heterocycles. The van der Waals surface area contributed by atoms with E-state index in [4.69, 9.17) is 15.3 Å². The fourth-order valence-corrected chi connectivity index (χ4v) is 2.85. The molecule has 0 aliphatic carbocycles. The number of ether oxygens (including phenoxy) is 2. The van der Waals surface area contributed by atoms with Gasteiger partial charge in [0.05, 0.1) is 12.2 Å². The van der Waals surface area contributed by atoms with Crippen LogP contribution >= 0.6 is 0 Å². The maximum atomic E-state index is 5.89. The Labute approximate surface area is 128 Å². The minimum absolute atomic E-state index is 0.102. The number of rotatable bonds is 7. The zero-order valence-electron chi connectivity index (χ0n) is 13.2. The minimum Gasteiger partial charge on any atom is -0.491 e. The van der Waals surface area contributed by atoms with Gasteiger partial charge in [-0.15, -0.1) is 0 Å². The van der Waals surface area contributed by atoms with Gasteiger partial charge in [-0.05, 0) is 52.0 Å². The molecule has 3 N–H and O–H groups in total. The van der Waals surface area contributed by atoms with Gasteiger partial charge in [-0.25, -0.2) is 0 Å². The highest BCUT2D eigenvalue weighted by molar-refractivity contribution is 5.36. The summed E-state index contributed by atoms with van der Waals surface area (Å²) in [4.78, 5) is 0. The van der Waals surface area contributed by atoms with Crippen molar-refractivity contribution in [1.29, 1.82) is 0 Å². The Morgan fingerprint density at radius 1 is 1.33 bits per heavy atom. The van der Waals surface area contributed by atoms with Gasteiger partial charge in [0.25, 0.3) is 0 Å². The van der Waals surface area contributed by atoms with Crippen molar-refractivity contribution in [2.45, 2.75) is 64.2 Å². The Bertz CT molecular complexity index is 417. The highest BCUT2D eigenvalue weighted by Gasteiger charge is 2.19. The second-order valence-corrected chi connectivity index (χ2v) is 5.99. The molecule has 1 aromatic rings. The molecule has 1 saturated heterocycles. The number of hydrogen-bond donors (Lipinski definition) is 2. The van der Waals surface area contributed by atoms with Gasteiger partial charge >= 0.3 is 0 Å². The lowest BCUT2D eigenvalue weighted by Gasteiger charge is -2.26. The largest absolute Gasteiger partial charge is 0.491 e. The lowest BCUT2D eigenvalue weighted by atomic mass is 9.97. The van der Waals surface area contributed by atoms with Gasteiger partial charge in [0.1, 0.15) is 5.75 Å². The molecular weight excluding hydrogens is 264 g/mol. The summed E-state index contributed by atoms with van der Waals surface area (Å²) in [5.41, 5.74) is 4.07. The molecule has 2 rings (SSSR count). The molecule has 1 aliphatic heterocycles. The molecule has 0 bridgehead atoms. The van der Waals surface area contributed by atoms with E-state index in [9.17, 15) is 0 Å². The summed E-state index contributed by atoms with van der Waals surface area (Å²) < 4.78 is 11.7. The molecule has 1 fully saturated rings. The average Bonchev–Trinajstić information content (AvgIpc) is 2.50. The molecule has 21 heavy (non-hydrogen) atoms. The highest BCUT2D eigenvalue weighted by Crippen LogP contribution is 2.30. The fraction of sp³-hybridized carbons (Fsp3) is 0.647. The molecule has 2 unspecified atom stereocenters. The molecule has 2 atom stereocenters. The lowest BCUT2D eigenvalue weighted by Crippen LogP contribution is -2.30. The van der Waals surface area contributed by atoms with Gasteiger partial charge in [0.2, 0.25) is 0 Å². The van der Waals surface area contributed by atoms with Gasteiger partial charge in [0.15, 0.2) is 0 Å². The molecular formula is C17H28N2O2. The summed E-state index contributed by atoms with van der Waals surface area (Å²) in [5, 5.41) is 0. The number of benzene rings is 1. The standard InChI is InChI=1S/C17H28N2O2/c1-13(2)21-17-9-4-3-8-15(17)16(19-18)11-10-14-7-5-6-12-20-14/h3-4,8-9,13-14,16,19H,5-7,10-12,18H2,1-2H3. The summed E-state index contributed by atoms with van der Waals surface area (Å²) in [7, 11) is 0. The van der Waals surface area contributed by atoms with Crippen LogP contribution in [0, 0.1) is 0 Å². The van der Waals surface area contributed by atoms with Crippen LogP contribution in [0.15, 0.2) is 24.3 Å². The van der Waals surface area contributed by atoms with Crippen molar-refractivity contribution in [3.05, 3.63) is 29.8 Å². The second-order valence-electron chi connectivity index (χ2n) is 5.99. The zero-order valence-corrected chi connectivity index (χ0v) is 13.2. The van der Waals surface area contributed by atoms with Crippen LogP contribution in [-0.4, -0.2) is 18.8 Å². The van der Waals surface area contributed by atoms with Crippen molar-refractivity contribution in [3.8, 4) is 5.75 Å². The van der Waals surface area contributed by atoms with E-state index >= 15 is 0 Å². The summed E-state index contributed by atoms with van der Waals surface area (Å²) >= 11 is 0. The van der Waals surface area contributed by atoms with Crippen LogP contribution in [0.1, 0.15) is 57.6 Å². The number of nitrogens with two attached hydrogens (primary N) is 1. The molecule has 4 nitrogen and oxygen atoms in total. The molecule has 0 saturated carbocycles. The first-order valence-electron chi connectivity index (χ1n) is 8.04. The first kappa shape index (κ1) is 16.3. The van der Waals surface area contributed by atoms with Crippen molar-refractivity contribution < 1.29 is 9.47 Å². The molecule has 118 valence electrons. The van der Waals surface area contributed by atoms with E-state index in [0.29, 0.717) is 6.10 Å². The van der Waals surface area contributed by atoms with E-state index in [2.05, 4.69) is 11.5 Å². The maximum Gasteiger partial charge on any atom is 0.124 e. The van der Waals surface area contributed by atoms with E-state index < -0.39 is 0 Å². The molecule has 1 aliphatic rings. The van der Waals surface area contributed by atoms with Crippen LogP contribution in [-0.2, 0) is 4.74 Å². The summed E-state index contributed by atoms with van der Waals surface area (Å²) in [6.45, 7) is 4.98. The third-order valence-corrected chi connectivity index (χ3v) is 3.91. The predicted molar refractivity (Wildman–Crippen MR) is 85.1 cm³/mol. The number of nitrogens with one attached hydrogen (secondary N) is 1. The van der Waals surface area contributed by atoms with Crippen molar-refractivity contribution in [3.63, 3.8) is 0 Å². The topological polar surface area (TPSA) is 56.5 Å². The SMILES string of the molecule is CC(C)Oc1ccccc1C(CCC1CCCCO1)NN. The van der Waals surface area contributed by atoms with Crippen LogP contribution in [0.2, 0.25) is 0 Å². The van der Waals surface area contributed by atoms with Gasteiger partial charge in [-0.1, -0.05) is 18.2 Å². The average molecular weight is 292 g/mol. The van der Waals surface area contributed by atoms with Crippen LogP contribution in [0.4, 0.5) is 0 Å². The van der Waals surface area contributed by atoms with Gasteiger partial charge in [-0.2, -0.15) is 0 Å². The molecule has 1 heterocycles. The molecule has 1 aromatic carbocycles. The minimum atomic E-state index is 0.102. The second kappa shape index (κ2) is 8.37. The first-order valence-corrected chi connectivity index (χ1v) is 8.04. The monoisotopic (exact) mass is 292 g/mol. The zero-order chi connectivity index (χ0) is 15.1. The summed E-state index contributed by atoms with van der Waals surface area (Å²) in [6, 6.07) is 8.23. The fourth-order valence-electron chi connectivity index (χ4n) is 2.85. The highest BCUT2D eigenvalue weighted by atomic mass is 16.5. The van der Waals surface area contributed by atoms with E-state index in [-0.39, 0.29) is 12.1 Å². The lowest BCUT2D eigenvalue weighted by molar-refractivity contribution is 0.00848. The molecule has 4 heteroatoms. The Morgan fingerprint density at radius 3 is 2.81 bits per heavy atom. The van der Waals surface area contributed by atoms with E-state index in [1.807, 2.05) is 32.0 Å². The maximum absolute atomic E-state index is 5.89. The Morgan fingerprint density at radius 2 is 2.14 bits per heavy atom. The summed E-state index contributed by atoms with van der Waals surface area (Å²) in [6.07, 6.45) is 6.17. The van der Waals surface area contributed by atoms with Crippen LogP contribution in [0.3, 0.4) is 0 Å². The Hall–Kier alpha value is -1.10. The van der Waals surface area contributed by atoms with E-state index in [0.717, 1.165) is 30.8 Å². The number of para-hydroxylation sites is 1. The van der Waals surface area contributed by atoms with Crippen LogP contribution < -0.4 is 16.0 Å². The molecule has 0 amide bonds. The molecule has 0 spiro atoms. The van der Waals surface area contributed by atoms with Crippen LogP contribution in [0.5, 0.6) is 5.75 Å². The Balaban J connectivity index is 1.99. The quantitative estimate of drug-likeness (QED) is 0.598.